The lowest BCUT2D eigenvalue weighted by molar-refractivity contribution is -0.140. The molecule has 0 radical (unpaired) electrons. The fraction of sp³-hybridized carbons (Fsp3) is 0.400. The van der Waals surface area contributed by atoms with Gasteiger partial charge in [0.15, 0.2) is 5.01 Å². The van der Waals surface area contributed by atoms with Gasteiger partial charge in [0.05, 0.1) is 5.56 Å². The summed E-state index contributed by atoms with van der Waals surface area (Å²) < 4.78 is 61.5. The minimum Gasteiger partial charge on any atom is -0.486 e. The lowest BCUT2D eigenvalue weighted by atomic mass is 10.2. The van der Waals surface area contributed by atoms with Gasteiger partial charge in [-0.1, -0.05) is 11.3 Å². The van der Waals surface area contributed by atoms with Gasteiger partial charge >= 0.3 is 12.3 Å². The molecule has 0 fully saturated rings. The maximum Gasteiger partial charge on any atom is 0.419 e. The summed E-state index contributed by atoms with van der Waals surface area (Å²) in [6.07, 6.45) is -5.54. The van der Waals surface area contributed by atoms with Gasteiger partial charge in [-0.3, -0.25) is 5.32 Å². The Balaban J connectivity index is 1.97. The topological polar surface area (TPSA) is 73.3 Å². The van der Waals surface area contributed by atoms with Crippen molar-refractivity contribution in [1.82, 2.24) is 10.2 Å². The quantitative estimate of drug-likeness (QED) is 0.768. The van der Waals surface area contributed by atoms with Crippen LogP contribution in [0.25, 0.3) is 0 Å². The lowest BCUT2D eigenvalue weighted by Gasteiger charge is -2.18. The highest BCUT2D eigenvalue weighted by atomic mass is 32.1. The molecule has 0 aliphatic rings. The van der Waals surface area contributed by atoms with Crippen molar-refractivity contribution in [3.8, 4) is 5.75 Å². The van der Waals surface area contributed by atoms with E-state index < -0.39 is 29.3 Å². The van der Waals surface area contributed by atoms with Crippen LogP contribution in [0.4, 0.5) is 27.5 Å². The van der Waals surface area contributed by atoms with Gasteiger partial charge in [-0.05, 0) is 39.0 Å². The first-order valence-electron chi connectivity index (χ1n) is 7.26. The second kappa shape index (κ2) is 7.44. The van der Waals surface area contributed by atoms with E-state index in [0.29, 0.717) is 17.1 Å². The number of amides is 1. The lowest BCUT2D eigenvalue weighted by Crippen LogP contribution is -2.27. The van der Waals surface area contributed by atoms with Crippen molar-refractivity contribution in [1.29, 1.82) is 0 Å². The van der Waals surface area contributed by atoms with Gasteiger partial charge in [-0.25, -0.2) is 9.18 Å². The standard InChI is InChI=1S/C15H15F4N3O3S/c1-14(2,3)25-13(23)20-12-22-21-11(26-12)7-24-8-4-5-10(16)9(6-8)15(17,18)19/h4-6H,7H2,1-3H3,(H,20,22,23). The van der Waals surface area contributed by atoms with Crippen LogP contribution in [0.3, 0.4) is 0 Å². The van der Waals surface area contributed by atoms with Crippen molar-refractivity contribution in [2.24, 2.45) is 0 Å². The number of carbonyl (C=O) groups excluding carboxylic acids is 1. The van der Waals surface area contributed by atoms with E-state index in [-0.39, 0.29) is 17.5 Å². The highest BCUT2D eigenvalue weighted by Gasteiger charge is 2.34. The highest BCUT2D eigenvalue weighted by Crippen LogP contribution is 2.33. The van der Waals surface area contributed by atoms with Gasteiger partial charge in [0.25, 0.3) is 0 Å². The molecular formula is C15H15F4N3O3S. The number of ether oxygens (including phenoxy) is 2. The Morgan fingerprint density at radius 1 is 1.23 bits per heavy atom. The highest BCUT2D eigenvalue weighted by molar-refractivity contribution is 7.15. The molecule has 26 heavy (non-hydrogen) atoms. The average Bonchev–Trinajstić information content (AvgIpc) is 2.90. The molecule has 0 unspecified atom stereocenters. The molecule has 2 rings (SSSR count). The normalized spacial score (nSPS) is 12.0. The van der Waals surface area contributed by atoms with Crippen molar-refractivity contribution in [3.05, 3.63) is 34.6 Å². The van der Waals surface area contributed by atoms with Crippen molar-refractivity contribution >= 4 is 22.6 Å². The largest absolute Gasteiger partial charge is 0.486 e. The summed E-state index contributed by atoms with van der Waals surface area (Å²) in [7, 11) is 0. The molecule has 0 aliphatic carbocycles. The minimum atomic E-state index is -4.82. The maximum absolute atomic E-state index is 13.2. The van der Waals surface area contributed by atoms with E-state index in [2.05, 4.69) is 15.5 Å². The molecule has 0 aliphatic heterocycles. The smallest absolute Gasteiger partial charge is 0.419 e. The van der Waals surface area contributed by atoms with Crippen LogP contribution in [-0.4, -0.2) is 21.9 Å². The van der Waals surface area contributed by atoms with Crippen LogP contribution < -0.4 is 10.1 Å². The summed E-state index contributed by atoms with van der Waals surface area (Å²) in [6, 6.07) is 2.31. The molecule has 1 amide bonds. The van der Waals surface area contributed by atoms with Gasteiger partial charge in [-0.15, -0.1) is 10.2 Å². The second-order valence-corrected chi connectivity index (χ2v) is 7.12. The molecule has 1 aromatic carbocycles. The average molecular weight is 393 g/mol. The molecule has 0 atom stereocenters. The van der Waals surface area contributed by atoms with Crippen LogP contribution in [-0.2, 0) is 17.5 Å². The number of anilines is 1. The van der Waals surface area contributed by atoms with Gasteiger partial charge in [-0.2, -0.15) is 13.2 Å². The number of hydrogen-bond donors (Lipinski definition) is 1. The zero-order valence-electron chi connectivity index (χ0n) is 14.0. The summed E-state index contributed by atoms with van der Waals surface area (Å²) in [4.78, 5) is 11.6. The summed E-state index contributed by atoms with van der Waals surface area (Å²) in [5.74, 6) is -1.56. The van der Waals surface area contributed by atoms with E-state index in [0.717, 1.165) is 17.4 Å². The number of nitrogens with zero attached hydrogens (tertiary/aromatic N) is 2. The van der Waals surface area contributed by atoms with E-state index in [4.69, 9.17) is 9.47 Å². The monoisotopic (exact) mass is 393 g/mol. The molecule has 1 aromatic heterocycles. The van der Waals surface area contributed by atoms with Crippen LogP contribution in [0.1, 0.15) is 31.3 Å². The molecule has 142 valence electrons. The molecule has 2 aromatic rings. The second-order valence-electron chi connectivity index (χ2n) is 6.06. The van der Waals surface area contributed by atoms with Crippen molar-refractivity contribution < 1.29 is 31.8 Å². The van der Waals surface area contributed by atoms with E-state index in [1.165, 1.54) is 0 Å². The number of aromatic nitrogens is 2. The summed E-state index contributed by atoms with van der Waals surface area (Å²) in [5.41, 5.74) is -2.10. The van der Waals surface area contributed by atoms with E-state index in [1.54, 1.807) is 20.8 Å². The van der Waals surface area contributed by atoms with Gasteiger partial charge in [0, 0.05) is 0 Å². The molecule has 1 N–H and O–H groups in total. The summed E-state index contributed by atoms with van der Waals surface area (Å²) in [6.45, 7) is 4.90. The van der Waals surface area contributed by atoms with Crippen LogP contribution in [0.5, 0.6) is 5.75 Å². The number of nitrogens with one attached hydrogen (secondary N) is 1. The maximum atomic E-state index is 13.2. The first kappa shape index (κ1) is 19.9. The van der Waals surface area contributed by atoms with Crippen LogP contribution in [0, 0.1) is 5.82 Å². The van der Waals surface area contributed by atoms with Crippen LogP contribution in [0.15, 0.2) is 18.2 Å². The Morgan fingerprint density at radius 3 is 2.54 bits per heavy atom. The predicted octanol–water partition coefficient (Wildman–Crippen LogP) is 4.62. The Morgan fingerprint density at radius 2 is 1.92 bits per heavy atom. The molecule has 6 nitrogen and oxygen atoms in total. The first-order chi connectivity index (χ1) is 11.9. The van der Waals surface area contributed by atoms with Crippen LogP contribution >= 0.6 is 11.3 Å². The fourth-order valence-corrected chi connectivity index (χ4v) is 2.35. The third kappa shape index (κ3) is 5.83. The number of carbonyl (C=O) groups is 1. The third-order valence-corrected chi connectivity index (χ3v) is 3.49. The third-order valence-electron chi connectivity index (χ3n) is 2.68. The first-order valence-corrected chi connectivity index (χ1v) is 8.07. The Bertz CT molecular complexity index is 787. The van der Waals surface area contributed by atoms with Gasteiger partial charge in [0.2, 0.25) is 5.13 Å². The summed E-state index contributed by atoms with van der Waals surface area (Å²) in [5, 5.41) is 10.3. The zero-order valence-corrected chi connectivity index (χ0v) is 14.8. The number of rotatable bonds is 4. The Kier molecular flexibility index (Phi) is 5.69. The molecule has 0 saturated carbocycles. The number of benzene rings is 1. The number of halogens is 4. The summed E-state index contributed by atoms with van der Waals surface area (Å²) >= 11 is 0.964. The van der Waals surface area contributed by atoms with Crippen molar-refractivity contribution in [2.75, 3.05) is 5.32 Å². The number of alkyl halides is 3. The molecule has 11 heteroatoms. The predicted molar refractivity (Wildman–Crippen MR) is 85.5 cm³/mol. The van der Waals surface area contributed by atoms with Gasteiger partial charge in [0.1, 0.15) is 23.8 Å². The van der Waals surface area contributed by atoms with Crippen molar-refractivity contribution in [3.63, 3.8) is 0 Å². The van der Waals surface area contributed by atoms with E-state index >= 15 is 0 Å². The minimum absolute atomic E-state index is 0.146. The van der Waals surface area contributed by atoms with E-state index in [1.807, 2.05) is 0 Å². The number of hydrogen-bond acceptors (Lipinski definition) is 6. The fourth-order valence-electron chi connectivity index (χ4n) is 1.71. The molecule has 1 heterocycles. The molecular weight excluding hydrogens is 378 g/mol. The SMILES string of the molecule is CC(C)(C)OC(=O)Nc1nnc(COc2ccc(F)c(C(F)(F)F)c2)s1. The van der Waals surface area contributed by atoms with Crippen molar-refractivity contribution in [2.45, 2.75) is 39.2 Å². The zero-order chi connectivity index (χ0) is 19.5. The Hall–Kier alpha value is -2.43. The molecule has 0 saturated heterocycles. The Labute approximate surface area is 150 Å². The van der Waals surface area contributed by atoms with Crippen LogP contribution in [0.2, 0.25) is 0 Å². The van der Waals surface area contributed by atoms with E-state index in [9.17, 15) is 22.4 Å². The molecule has 0 spiro atoms. The van der Waals surface area contributed by atoms with Gasteiger partial charge < -0.3 is 9.47 Å². The molecule has 0 bridgehead atoms.